The van der Waals surface area contributed by atoms with Crippen LogP contribution >= 0.6 is 23.2 Å². The number of carbonyl (C=O) groups excluding carboxylic acids is 1. The highest BCUT2D eigenvalue weighted by Gasteiger charge is 2.07. The van der Waals surface area contributed by atoms with Crippen LogP contribution in [0.2, 0.25) is 10.0 Å². The summed E-state index contributed by atoms with van der Waals surface area (Å²) in [5, 5.41) is 7.19. The molecule has 2 rings (SSSR count). The zero-order valence-corrected chi connectivity index (χ0v) is 14.8. The highest BCUT2D eigenvalue weighted by molar-refractivity contribution is 6.35. The van der Waals surface area contributed by atoms with E-state index in [1.165, 1.54) is 6.20 Å². The van der Waals surface area contributed by atoms with Crippen molar-refractivity contribution in [3.8, 4) is 0 Å². The zero-order chi connectivity index (χ0) is 17.4. The van der Waals surface area contributed by atoms with Gasteiger partial charge in [0.25, 0.3) is 5.91 Å². The number of amides is 1. The van der Waals surface area contributed by atoms with Gasteiger partial charge in [0.05, 0.1) is 17.9 Å². The van der Waals surface area contributed by atoms with Gasteiger partial charge in [0.1, 0.15) is 0 Å². The molecule has 128 valence electrons. The van der Waals surface area contributed by atoms with Crippen molar-refractivity contribution < 1.29 is 9.53 Å². The Morgan fingerprint density at radius 2 is 2.04 bits per heavy atom. The van der Waals surface area contributed by atoms with Crippen LogP contribution in [0.3, 0.4) is 0 Å². The maximum absolute atomic E-state index is 12.2. The number of ether oxygens (including phenoxy) is 1. The molecule has 2 N–H and O–H groups in total. The summed E-state index contributed by atoms with van der Waals surface area (Å²) in [6.07, 6.45) is 3.83. The summed E-state index contributed by atoms with van der Waals surface area (Å²) in [5.41, 5.74) is 2.22. The minimum Gasteiger partial charge on any atom is -0.383 e. The van der Waals surface area contributed by atoms with Crippen molar-refractivity contribution >= 4 is 34.8 Å². The molecule has 0 saturated carbocycles. The van der Waals surface area contributed by atoms with E-state index in [1.54, 1.807) is 31.5 Å². The first-order valence-electron chi connectivity index (χ1n) is 7.50. The number of nitrogens with one attached hydrogen (secondary N) is 2. The van der Waals surface area contributed by atoms with E-state index < -0.39 is 0 Å². The predicted octanol–water partition coefficient (Wildman–Crippen LogP) is 3.42. The van der Waals surface area contributed by atoms with Crippen LogP contribution in [0, 0.1) is 0 Å². The quantitative estimate of drug-likeness (QED) is 0.701. The van der Waals surface area contributed by atoms with Crippen LogP contribution in [0.4, 0.5) is 5.69 Å². The van der Waals surface area contributed by atoms with E-state index in [1.807, 2.05) is 6.07 Å². The van der Waals surface area contributed by atoms with E-state index in [0.717, 1.165) is 11.3 Å². The first kappa shape index (κ1) is 18.5. The third kappa shape index (κ3) is 5.67. The van der Waals surface area contributed by atoms with E-state index in [9.17, 15) is 4.79 Å². The SMILES string of the molecule is COCCNc1cncc(C(=O)NCCc2ccc(Cl)cc2Cl)c1. The van der Waals surface area contributed by atoms with Crippen LogP contribution < -0.4 is 10.6 Å². The van der Waals surface area contributed by atoms with E-state index in [0.29, 0.717) is 41.7 Å². The Hall–Kier alpha value is -1.82. The number of halogens is 2. The lowest BCUT2D eigenvalue weighted by atomic mass is 10.1. The molecule has 0 bridgehead atoms. The molecular formula is C17H19Cl2N3O2. The number of pyridine rings is 1. The lowest BCUT2D eigenvalue weighted by Crippen LogP contribution is -2.26. The fourth-order valence-electron chi connectivity index (χ4n) is 2.10. The molecule has 24 heavy (non-hydrogen) atoms. The van der Waals surface area contributed by atoms with Crippen LogP contribution in [0.5, 0.6) is 0 Å². The molecule has 0 aliphatic carbocycles. The van der Waals surface area contributed by atoms with Crippen molar-refractivity contribution in [1.82, 2.24) is 10.3 Å². The normalized spacial score (nSPS) is 10.5. The van der Waals surface area contributed by atoms with Gasteiger partial charge in [-0.15, -0.1) is 0 Å². The van der Waals surface area contributed by atoms with Crippen LogP contribution in [0.25, 0.3) is 0 Å². The number of carbonyl (C=O) groups is 1. The lowest BCUT2D eigenvalue weighted by molar-refractivity contribution is 0.0954. The number of aromatic nitrogens is 1. The minimum absolute atomic E-state index is 0.178. The number of rotatable bonds is 8. The van der Waals surface area contributed by atoms with E-state index >= 15 is 0 Å². The van der Waals surface area contributed by atoms with Gasteiger partial charge in [-0.25, -0.2) is 0 Å². The number of anilines is 1. The Labute approximate surface area is 151 Å². The Kier molecular flexibility index (Phi) is 7.31. The third-order valence-corrected chi connectivity index (χ3v) is 3.92. The molecule has 0 atom stereocenters. The molecule has 2 aromatic rings. The number of hydrogen-bond donors (Lipinski definition) is 2. The molecule has 1 aromatic heterocycles. The average Bonchev–Trinajstić information content (AvgIpc) is 2.57. The van der Waals surface area contributed by atoms with Crippen LogP contribution in [0.1, 0.15) is 15.9 Å². The van der Waals surface area contributed by atoms with Gasteiger partial charge in [-0.1, -0.05) is 29.3 Å². The maximum Gasteiger partial charge on any atom is 0.252 e. The largest absolute Gasteiger partial charge is 0.383 e. The van der Waals surface area contributed by atoms with Crippen LogP contribution in [-0.2, 0) is 11.2 Å². The van der Waals surface area contributed by atoms with Gasteiger partial charge >= 0.3 is 0 Å². The molecule has 0 unspecified atom stereocenters. The summed E-state index contributed by atoms with van der Waals surface area (Å²) in [6.45, 7) is 1.71. The summed E-state index contributed by atoms with van der Waals surface area (Å²) >= 11 is 12.0. The molecule has 1 heterocycles. The lowest BCUT2D eigenvalue weighted by Gasteiger charge is -2.09. The molecule has 0 radical (unpaired) electrons. The van der Waals surface area contributed by atoms with Gasteiger partial charge in [0.15, 0.2) is 0 Å². The minimum atomic E-state index is -0.178. The summed E-state index contributed by atoms with van der Waals surface area (Å²) in [7, 11) is 1.64. The molecule has 1 aromatic carbocycles. The van der Waals surface area contributed by atoms with Crippen molar-refractivity contribution in [2.24, 2.45) is 0 Å². The van der Waals surface area contributed by atoms with Crippen molar-refractivity contribution in [3.63, 3.8) is 0 Å². The monoisotopic (exact) mass is 367 g/mol. The highest BCUT2D eigenvalue weighted by Crippen LogP contribution is 2.21. The van der Waals surface area contributed by atoms with Gasteiger partial charge in [-0.3, -0.25) is 9.78 Å². The van der Waals surface area contributed by atoms with E-state index in [2.05, 4.69) is 15.6 Å². The molecule has 0 aliphatic heterocycles. The average molecular weight is 368 g/mol. The van der Waals surface area contributed by atoms with Crippen molar-refractivity contribution in [3.05, 3.63) is 57.8 Å². The maximum atomic E-state index is 12.2. The first-order valence-corrected chi connectivity index (χ1v) is 8.25. The summed E-state index contributed by atoms with van der Waals surface area (Å²) < 4.78 is 4.97. The van der Waals surface area contributed by atoms with Crippen molar-refractivity contribution in [2.45, 2.75) is 6.42 Å². The Morgan fingerprint density at radius 1 is 1.21 bits per heavy atom. The Balaban J connectivity index is 1.87. The predicted molar refractivity (Wildman–Crippen MR) is 97.1 cm³/mol. The Morgan fingerprint density at radius 3 is 2.79 bits per heavy atom. The van der Waals surface area contributed by atoms with Crippen molar-refractivity contribution in [2.75, 3.05) is 32.1 Å². The van der Waals surface area contributed by atoms with Crippen LogP contribution in [0.15, 0.2) is 36.7 Å². The summed E-state index contributed by atoms with van der Waals surface area (Å²) in [4.78, 5) is 16.3. The second-order valence-electron chi connectivity index (χ2n) is 5.12. The van der Waals surface area contributed by atoms with Gasteiger partial charge < -0.3 is 15.4 Å². The standard InChI is InChI=1S/C17H19Cl2N3O2/c1-24-7-6-21-15-8-13(10-20-11-15)17(23)22-5-4-12-2-3-14(18)9-16(12)19/h2-3,8-11,21H,4-7H2,1H3,(H,22,23). The molecule has 5 nitrogen and oxygen atoms in total. The molecular weight excluding hydrogens is 349 g/mol. The number of benzene rings is 1. The molecule has 1 amide bonds. The van der Waals surface area contributed by atoms with Gasteiger partial charge in [0, 0.05) is 42.6 Å². The number of methoxy groups -OCH3 is 1. The zero-order valence-electron chi connectivity index (χ0n) is 13.3. The molecule has 0 fully saturated rings. The fraction of sp³-hybridized carbons (Fsp3) is 0.294. The highest BCUT2D eigenvalue weighted by atomic mass is 35.5. The second-order valence-corrected chi connectivity index (χ2v) is 5.97. The molecule has 0 aliphatic rings. The summed E-state index contributed by atoms with van der Waals surface area (Å²) in [6, 6.07) is 7.09. The second kappa shape index (κ2) is 9.47. The summed E-state index contributed by atoms with van der Waals surface area (Å²) in [5.74, 6) is -0.178. The Bertz CT molecular complexity index is 695. The number of nitrogens with zero attached hydrogens (tertiary/aromatic N) is 1. The van der Waals surface area contributed by atoms with Crippen LogP contribution in [-0.4, -0.2) is 37.7 Å². The van der Waals surface area contributed by atoms with E-state index in [-0.39, 0.29) is 5.91 Å². The first-order chi connectivity index (χ1) is 11.6. The smallest absolute Gasteiger partial charge is 0.252 e. The number of hydrogen-bond acceptors (Lipinski definition) is 4. The topological polar surface area (TPSA) is 63.2 Å². The van der Waals surface area contributed by atoms with Crippen molar-refractivity contribution in [1.29, 1.82) is 0 Å². The van der Waals surface area contributed by atoms with Gasteiger partial charge in [-0.05, 0) is 30.2 Å². The van der Waals surface area contributed by atoms with E-state index in [4.69, 9.17) is 27.9 Å². The third-order valence-electron chi connectivity index (χ3n) is 3.33. The molecule has 7 heteroatoms. The van der Waals surface area contributed by atoms with Gasteiger partial charge in [0.2, 0.25) is 0 Å². The van der Waals surface area contributed by atoms with Gasteiger partial charge in [-0.2, -0.15) is 0 Å². The molecule has 0 saturated heterocycles. The fourth-order valence-corrected chi connectivity index (χ4v) is 2.60. The molecule has 0 spiro atoms.